The Morgan fingerprint density at radius 1 is 1.26 bits per heavy atom. The third-order valence-corrected chi connectivity index (χ3v) is 5.02. The van der Waals surface area contributed by atoms with Crippen molar-refractivity contribution < 1.29 is 26.7 Å². The van der Waals surface area contributed by atoms with E-state index in [1.807, 2.05) is 0 Å². The van der Waals surface area contributed by atoms with Crippen molar-refractivity contribution in [3.63, 3.8) is 0 Å². The maximum Gasteiger partial charge on any atom is 0.418 e. The van der Waals surface area contributed by atoms with E-state index >= 15 is 0 Å². The summed E-state index contributed by atoms with van der Waals surface area (Å²) in [6, 6.07) is 2.97. The van der Waals surface area contributed by atoms with Gasteiger partial charge in [0.2, 0.25) is 0 Å². The van der Waals surface area contributed by atoms with Crippen LogP contribution in [0.5, 0.6) is 0 Å². The van der Waals surface area contributed by atoms with Gasteiger partial charge in [0.15, 0.2) is 0 Å². The van der Waals surface area contributed by atoms with Crippen LogP contribution in [0.3, 0.4) is 0 Å². The van der Waals surface area contributed by atoms with E-state index in [2.05, 4.69) is 27.9 Å². The van der Waals surface area contributed by atoms with Crippen molar-refractivity contribution in [1.29, 1.82) is 0 Å². The van der Waals surface area contributed by atoms with Gasteiger partial charge in [0.1, 0.15) is 5.82 Å². The average Bonchev–Trinajstić information content (AvgIpc) is 2.71. The number of aromatic nitrogens is 2. The quantitative estimate of drug-likeness (QED) is 0.493. The molecule has 5 nitrogen and oxygen atoms in total. The summed E-state index contributed by atoms with van der Waals surface area (Å²) in [6.45, 7) is 2.29. The van der Waals surface area contributed by atoms with E-state index in [4.69, 9.17) is 0 Å². The fourth-order valence-corrected chi connectivity index (χ4v) is 3.29. The molecule has 1 aliphatic heterocycles. The molecule has 0 spiro atoms. The van der Waals surface area contributed by atoms with Crippen LogP contribution in [0.15, 0.2) is 30.7 Å². The number of pyridine rings is 2. The lowest BCUT2D eigenvalue weighted by molar-refractivity contribution is -0.138. The minimum atomic E-state index is -4.70. The number of rotatable bonds is 3. The molecule has 170 valence electrons. The molecule has 0 radical (unpaired) electrons. The SMILES string of the molecule is CS.Cc1c(C(F)(F)F)cnc(N2CCC(F)(F)[C@H](C)C2)c1C(=O)Nc1ccncc1. The first-order chi connectivity index (χ1) is 14.5. The van der Waals surface area contributed by atoms with Gasteiger partial charge < -0.3 is 10.2 Å². The summed E-state index contributed by atoms with van der Waals surface area (Å²) >= 11 is 3.53. The van der Waals surface area contributed by atoms with E-state index < -0.39 is 35.9 Å². The molecule has 1 aliphatic rings. The highest BCUT2D eigenvalue weighted by Crippen LogP contribution is 2.39. The van der Waals surface area contributed by atoms with Gasteiger partial charge in [-0.1, -0.05) is 6.92 Å². The zero-order chi connectivity index (χ0) is 23.4. The van der Waals surface area contributed by atoms with Crippen molar-refractivity contribution in [3.05, 3.63) is 47.4 Å². The first-order valence-electron chi connectivity index (χ1n) is 9.36. The first kappa shape index (κ1) is 24.8. The number of hydrogen-bond donors (Lipinski definition) is 2. The van der Waals surface area contributed by atoms with E-state index in [9.17, 15) is 26.7 Å². The Morgan fingerprint density at radius 2 is 1.87 bits per heavy atom. The molecule has 0 bridgehead atoms. The third-order valence-electron chi connectivity index (χ3n) is 5.02. The highest BCUT2D eigenvalue weighted by Gasteiger charge is 2.43. The summed E-state index contributed by atoms with van der Waals surface area (Å²) in [5, 5.41) is 2.52. The second-order valence-corrected chi connectivity index (χ2v) is 7.04. The van der Waals surface area contributed by atoms with Gasteiger partial charge >= 0.3 is 6.18 Å². The van der Waals surface area contributed by atoms with Crippen LogP contribution >= 0.6 is 12.6 Å². The Balaban J connectivity index is 0.00000166. The van der Waals surface area contributed by atoms with Gasteiger partial charge in [-0.2, -0.15) is 25.8 Å². The second-order valence-electron chi connectivity index (χ2n) is 7.04. The average molecular weight is 462 g/mol. The lowest BCUT2D eigenvalue weighted by atomic mass is 9.94. The smallest absolute Gasteiger partial charge is 0.355 e. The number of amides is 1. The van der Waals surface area contributed by atoms with Gasteiger partial charge in [0.25, 0.3) is 11.8 Å². The summed E-state index contributed by atoms with van der Waals surface area (Å²) in [4.78, 5) is 22.0. The van der Waals surface area contributed by atoms with Crippen LogP contribution in [0.1, 0.15) is 34.8 Å². The van der Waals surface area contributed by atoms with E-state index in [-0.39, 0.29) is 30.0 Å². The Morgan fingerprint density at radius 3 is 2.42 bits per heavy atom. The molecule has 2 aromatic heterocycles. The van der Waals surface area contributed by atoms with Crippen molar-refractivity contribution in [2.45, 2.75) is 32.4 Å². The highest BCUT2D eigenvalue weighted by atomic mass is 32.1. The first-order valence-corrected chi connectivity index (χ1v) is 10.3. The van der Waals surface area contributed by atoms with Crippen LogP contribution in [-0.4, -0.2) is 41.1 Å². The van der Waals surface area contributed by atoms with Crippen molar-refractivity contribution in [1.82, 2.24) is 9.97 Å². The minimum Gasteiger partial charge on any atom is -0.355 e. The zero-order valence-electron chi connectivity index (χ0n) is 17.2. The number of nitrogens with one attached hydrogen (secondary N) is 1. The second kappa shape index (κ2) is 9.80. The largest absolute Gasteiger partial charge is 0.418 e. The Labute approximate surface area is 182 Å². The van der Waals surface area contributed by atoms with Crippen LogP contribution in [0, 0.1) is 12.8 Å². The molecule has 1 amide bonds. The maximum atomic E-state index is 13.9. The van der Waals surface area contributed by atoms with Crippen molar-refractivity contribution in [2.24, 2.45) is 5.92 Å². The van der Waals surface area contributed by atoms with Crippen LogP contribution in [0.2, 0.25) is 0 Å². The zero-order valence-corrected chi connectivity index (χ0v) is 18.1. The lowest BCUT2D eigenvalue weighted by Gasteiger charge is -2.38. The number of thiol groups is 1. The number of halogens is 5. The van der Waals surface area contributed by atoms with Crippen molar-refractivity contribution >= 4 is 30.0 Å². The summed E-state index contributed by atoms with van der Waals surface area (Å²) in [5.74, 6) is -4.75. The summed E-state index contributed by atoms with van der Waals surface area (Å²) in [7, 11) is 0. The minimum absolute atomic E-state index is 0.0376. The Hall–Kier alpha value is -2.43. The van der Waals surface area contributed by atoms with Gasteiger partial charge in [-0.25, -0.2) is 13.8 Å². The number of carbonyl (C=O) groups is 1. The fourth-order valence-electron chi connectivity index (χ4n) is 3.29. The molecule has 1 fully saturated rings. The number of nitrogens with zero attached hydrogens (tertiary/aromatic N) is 3. The fraction of sp³-hybridized carbons (Fsp3) is 0.450. The Kier molecular flexibility index (Phi) is 7.85. The predicted molar refractivity (Wildman–Crippen MR) is 112 cm³/mol. The molecule has 1 saturated heterocycles. The number of carbonyl (C=O) groups excluding carboxylic acids is 1. The van der Waals surface area contributed by atoms with Gasteiger partial charge in [-0.05, 0) is 30.9 Å². The molecular formula is C20H23F5N4OS. The molecule has 1 N–H and O–H groups in total. The molecule has 0 aliphatic carbocycles. The van der Waals surface area contributed by atoms with Gasteiger partial charge in [0.05, 0.1) is 11.1 Å². The monoisotopic (exact) mass is 462 g/mol. The van der Waals surface area contributed by atoms with Crippen LogP contribution in [-0.2, 0) is 6.18 Å². The molecule has 3 rings (SSSR count). The van der Waals surface area contributed by atoms with Gasteiger partial charge in [-0.3, -0.25) is 9.78 Å². The number of alkyl halides is 5. The van der Waals surface area contributed by atoms with Crippen molar-refractivity contribution in [3.8, 4) is 0 Å². The summed E-state index contributed by atoms with van der Waals surface area (Å²) in [6.07, 6.45) is 0.000490. The summed E-state index contributed by atoms with van der Waals surface area (Å²) < 4.78 is 67.8. The molecule has 1 atom stereocenters. The molecule has 0 aromatic carbocycles. The normalized spacial score (nSPS) is 18.1. The van der Waals surface area contributed by atoms with Gasteiger partial charge in [-0.15, -0.1) is 0 Å². The predicted octanol–water partition coefficient (Wildman–Crippen LogP) is 5.08. The third kappa shape index (κ3) is 5.63. The Bertz CT molecular complexity index is 908. The molecule has 0 unspecified atom stereocenters. The van der Waals surface area contributed by atoms with E-state index in [0.29, 0.717) is 11.9 Å². The molecule has 3 heterocycles. The molecule has 31 heavy (non-hydrogen) atoms. The van der Waals surface area contributed by atoms with E-state index in [1.165, 1.54) is 43.3 Å². The number of anilines is 2. The molecule has 2 aromatic rings. The van der Waals surface area contributed by atoms with E-state index in [1.54, 1.807) is 6.26 Å². The standard InChI is InChI=1S/C19H19F5N4O.CH4S/c1-11-10-28(8-5-18(11,20)21)16-15(12(2)14(9-26-16)19(22,23)24)17(29)27-13-3-6-25-7-4-13;1-2/h3-4,6-7,9,11H,5,8,10H2,1-2H3,(H,25,27,29);2H,1H3/t11-;/m1./s1. The van der Waals surface area contributed by atoms with Crippen LogP contribution in [0.4, 0.5) is 33.5 Å². The lowest BCUT2D eigenvalue weighted by Crippen LogP contribution is -2.47. The van der Waals surface area contributed by atoms with Crippen LogP contribution in [0.25, 0.3) is 0 Å². The number of piperidine rings is 1. The van der Waals surface area contributed by atoms with Crippen molar-refractivity contribution in [2.75, 3.05) is 29.6 Å². The van der Waals surface area contributed by atoms with E-state index in [0.717, 1.165) is 0 Å². The molecule has 11 heteroatoms. The maximum absolute atomic E-state index is 13.9. The topological polar surface area (TPSA) is 58.1 Å². The van der Waals surface area contributed by atoms with Gasteiger partial charge in [0, 0.05) is 49.7 Å². The molecule has 0 saturated carbocycles. The highest BCUT2D eigenvalue weighted by molar-refractivity contribution is 7.79. The van der Waals surface area contributed by atoms with Crippen LogP contribution < -0.4 is 10.2 Å². The summed E-state index contributed by atoms with van der Waals surface area (Å²) in [5.41, 5.74) is -1.30. The molecular weight excluding hydrogens is 439 g/mol. The number of hydrogen-bond acceptors (Lipinski definition) is 5.